The molecule has 1 aromatic heterocycles. The molecule has 1 amide bonds. The zero-order valence-electron chi connectivity index (χ0n) is 27.1. The van der Waals surface area contributed by atoms with Crippen molar-refractivity contribution in [3.63, 3.8) is 0 Å². The Morgan fingerprint density at radius 2 is 1.56 bits per heavy atom. The number of piperidine rings is 2. The van der Waals surface area contributed by atoms with Crippen LogP contribution in [0.4, 0.5) is 0 Å². The van der Waals surface area contributed by atoms with Crippen molar-refractivity contribution in [2.75, 3.05) is 39.4 Å². The first kappa shape index (κ1) is 32.0. The van der Waals surface area contributed by atoms with E-state index in [1.54, 1.807) is 4.31 Å². The van der Waals surface area contributed by atoms with Crippen molar-refractivity contribution in [1.29, 1.82) is 0 Å². The highest BCUT2D eigenvalue weighted by Gasteiger charge is 2.37. The Kier molecular flexibility index (Phi) is 9.80. The molecule has 2 saturated heterocycles. The maximum Gasteiger partial charge on any atom is 0.249 e. The van der Waals surface area contributed by atoms with Gasteiger partial charge in [-0.2, -0.15) is 4.31 Å². The summed E-state index contributed by atoms with van der Waals surface area (Å²) in [5, 5.41) is 0. The van der Waals surface area contributed by atoms with Crippen molar-refractivity contribution in [2.24, 2.45) is 0 Å². The van der Waals surface area contributed by atoms with Gasteiger partial charge in [0.2, 0.25) is 15.9 Å². The van der Waals surface area contributed by atoms with Gasteiger partial charge in [-0.1, -0.05) is 60.9 Å². The number of fused-ring (bicyclic) bond motifs is 1. The Balaban J connectivity index is 1.16. The maximum absolute atomic E-state index is 13.9. The van der Waals surface area contributed by atoms with Crippen LogP contribution in [-0.4, -0.2) is 78.4 Å². The van der Waals surface area contributed by atoms with E-state index in [2.05, 4.69) is 33.7 Å². The van der Waals surface area contributed by atoms with E-state index in [1.165, 1.54) is 25.0 Å². The van der Waals surface area contributed by atoms with Crippen molar-refractivity contribution in [1.82, 2.24) is 18.7 Å². The molecule has 2 fully saturated rings. The Hall–Kier alpha value is -2.98. The molecule has 45 heavy (non-hydrogen) atoms. The predicted octanol–water partition coefficient (Wildman–Crippen LogP) is 5.59. The summed E-state index contributed by atoms with van der Waals surface area (Å²) in [5.41, 5.74) is 6.14. The van der Waals surface area contributed by atoms with E-state index in [-0.39, 0.29) is 31.2 Å². The number of hydrogen-bond donors (Lipinski definition) is 0. The summed E-state index contributed by atoms with van der Waals surface area (Å²) in [6, 6.07) is 18.1. The van der Waals surface area contributed by atoms with Gasteiger partial charge in [0, 0.05) is 43.6 Å². The van der Waals surface area contributed by atoms with E-state index in [1.807, 2.05) is 56.0 Å². The van der Waals surface area contributed by atoms with Crippen molar-refractivity contribution in [3.8, 4) is 0 Å². The molecular weight excluding hydrogens is 584 g/mol. The lowest BCUT2D eigenvalue weighted by Crippen LogP contribution is -2.47. The summed E-state index contributed by atoms with van der Waals surface area (Å²) in [4.78, 5) is 18.7. The Morgan fingerprint density at radius 3 is 2.29 bits per heavy atom. The van der Waals surface area contributed by atoms with Gasteiger partial charge in [-0.25, -0.2) is 8.42 Å². The first-order valence-corrected chi connectivity index (χ1v) is 18.1. The number of sulfonamides is 1. The van der Waals surface area contributed by atoms with Gasteiger partial charge in [0.05, 0.1) is 17.5 Å². The number of amides is 1. The quantitative estimate of drug-likeness (QED) is 0.308. The molecule has 0 radical (unpaired) electrons. The monoisotopic (exact) mass is 632 g/mol. The molecular formula is C36H48N4O4S. The normalized spacial score (nSPS) is 21.5. The molecule has 2 unspecified atom stereocenters. The van der Waals surface area contributed by atoms with Crippen LogP contribution >= 0.6 is 0 Å². The Labute approximate surface area is 269 Å². The predicted molar refractivity (Wildman–Crippen MR) is 177 cm³/mol. The van der Waals surface area contributed by atoms with Crippen LogP contribution in [-0.2, 0) is 32.6 Å². The number of ether oxygens (including phenoxy) is 1. The molecule has 3 aliphatic rings. The van der Waals surface area contributed by atoms with Gasteiger partial charge >= 0.3 is 0 Å². The Morgan fingerprint density at radius 1 is 0.844 bits per heavy atom. The molecule has 8 nitrogen and oxygen atoms in total. The minimum Gasteiger partial charge on any atom is -0.370 e. The summed E-state index contributed by atoms with van der Waals surface area (Å²) in [5.74, 6) is -0.0654. The largest absolute Gasteiger partial charge is 0.370 e. The van der Waals surface area contributed by atoms with Gasteiger partial charge in [-0.05, 0) is 88.4 Å². The van der Waals surface area contributed by atoms with E-state index in [4.69, 9.17) is 4.74 Å². The molecule has 2 aromatic carbocycles. The zero-order valence-corrected chi connectivity index (χ0v) is 27.9. The van der Waals surface area contributed by atoms with E-state index in [9.17, 15) is 13.2 Å². The zero-order chi connectivity index (χ0) is 31.6. The third kappa shape index (κ3) is 6.77. The molecule has 9 heteroatoms. The fourth-order valence-electron chi connectivity index (χ4n) is 7.79. The van der Waals surface area contributed by atoms with Gasteiger partial charge < -0.3 is 14.2 Å². The summed E-state index contributed by atoms with van der Waals surface area (Å²) in [7, 11) is -3.70. The highest BCUT2D eigenvalue weighted by atomic mass is 32.2. The molecule has 3 aromatic rings. The van der Waals surface area contributed by atoms with Crippen LogP contribution in [0.1, 0.15) is 78.2 Å². The minimum absolute atomic E-state index is 0.0654. The molecule has 0 N–H and O–H groups in total. The lowest BCUT2D eigenvalue weighted by molar-refractivity contribution is -0.139. The molecule has 0 aliphatic carbocycles. The van der Waals surface area contributed by atoms with Crippen LogP contribution in [0.2, 0.25) is 0 Å². The first-order valence-electron chi connectivity index (χ1n) is 16.7. The smallest absolute Gasteiger partial charge is 0.249 e. The fourth-order valence-corrected chi connectivity index (χ4v) is 9.88. The minimum atomic E-state index is -3.70. The number of likely N-dealkylation sites (tertiary alicyclic amines) is 1. The van der Waals surface area contributed by atoms with Crippen LogP contribution < -0.4 is 0 Å². The lowest BCUT2D eigenvalue weighted by atomic mass is 10.00. The molecule has 3 aliphatic heterocycles. The molecule has 4 heterocycles. The summed E-state index contributed by atoms with van der Waals surface area (Å²) in [6.07, 6.45) is 6.33. The van der Waals surface area contributed by atoms with Crippen molar-refractivity contribution < 1.29 is 17.9 Å². The summed E-state index contributed by atoms with van der Waals surface area (Å²) >= 11 is 0. The van der Waals surface area contributed by atoms with E-state index >= 15 is 0 Å². The first-order chi connectivity index (χ1) is 21.7. The number of rotatable bonds is 9. The molecule has 0 bridgehead atoms. The average Bonchev–Trinajstić information content (AvgIpc) is 3.43. The lowest BCUT2D eigenvalue weighted by Gasteiger charge is -2.39. The number of aryl methyl sites for hydroxylation is 3. The van der Waals surface area contributed by atoms with E-state index in [0.717, 1.165) is 73.4 Å². The SMILES string of the molecule is Cc1cc(C)c(S(=O)(=O)N2CCCCC2COCC(=O)N2CCn3c(CN4CCCCC4)ccc3C2c2ccccc2)c(C)c1. The number of carbonyl (C=O) groups excluding carboxylic acids is 1. The number of hydrogen-bond acceptors (Lipinski definition) is 5. The van der Waals surface area contributed by atoms with Gasteiger partial charge in [0.15, 0.2) is 0 Å². The Bertz CT molecular complexity index is 1570. The maximum atomic E-state index is 13.9. The second kappa shape index (κ2) is 13.8. The van der Waals surface area contributed by atoms with Gasteiger partial charge in [0.1, 0.15) is 6.61 Å². The topological polar surface area (TPSA) is 75.1 Å². The molecule has 0 saturated carbocycles. The molecule has 6 rings (SSSR count). The summed E-state index contributed by atoms with van der Waals surface area (Å²) in [6.45, 7) is 10.9. The summed E-state index contributed by atoms with van der Waals surface area (Å²) < 4.78 is 38.0. The van der Waals surface area contributed by atoms with Gasteiger partial charge in [0.25, 0.3) is 0 Å². The van der Waals surface area contributed by atoms with Crippen LogP contribution in [0.15, 0.2) is 59.5 Å². The molecule has 0 spiro atoms. The van der Waals surface area contributed by atoms with Gasteiger partial charge in [-0.3, -0.25) is 9.69 Å². The van der Waals surface area contributed by atoms with Crippen molar-refractivity contribution in [3.05, 3.63) is 88.2 Å². The molecule has 2 atom stereocenters. The second-order valence-electron chi connectivity index (χ2n) is 13.1. The number of nitrogens with zero attached hydrogens (tertiary/aromatic N) is 4. The second-order valence-corrected chi connectivity index (χ2v) is 15.0. The number of aromatic nitrogens is 1. The van der Waals surface area contributed by atoms with Crippen molar-refractivity contribution in [2.45, 2.75) is 89.4 Å². The molecule has 242 valence electrons. The standard InChI is InChI=1S/C36H48N4O4S/c1-27-22-28(2)36(29(3)23-27)45(42,43)40-19-11-8-14-32(40)25-44-26-34(41)39-21-20-38-31(24-37-17-9-5-10-18-37)15-16-33(38)35(39)30-12-6-4-7-13-30/h4,6-7,12-13,15-16,22-23,32,35H,5,8-11,14,17-21,24-26H2,1-3H3. The fraction of sp³-hybridized carbons (Fsp3) is 0.528. The van der Waals surface area contributed by atoms with Crippen LogP contribution in [0, 0.1) is 20.8 Å². The van der Waals surface area contributed by atoms with E-state index < -0.39 is 10.0 Å². The van der Waals surface area contributed by atoms with Crippen molar-refractivity contribution >= 4 is 15.9 Å². The van der Waals surface area contributed by atoms with E-state index in [0.29, 0.717) is 18.0 Å². The highest BCUT2D eigenvalue weighted by molar-refractivity contribution is 7.89. The average molecular weight is 633 g/mol. The van der Waals surface area contributed by atoms with Crippen LogP contribution in [0.25, 0.3) is 0 Å². The van der Waals surface area contributed by atoms with Gasteiger partial charge in [-0.15, -0.1) is 0 Å². The third-order valence-electron chi connectivity index (χ3n) is 9.81. The van der Waals surface area contributed by atoms with Crippen LogP contribution in [0.5, 0.6) is 0 Å². The number of carbonyl (C=O) groups is 1. The highest BCUT2D eigenvalue weighted by Crippen LogP contribution is 2.35. The number of benzene rings is 2. The van der Waals surface area contributed by atoms with Crippen LogP contribution in [0.3, 0.4) is 0 Å². The third-order valence-corrected chi connectivity index (χ3v) is 12.1.